The molecule has 0 saturated carbocycles. The molecular formula is C20H18N2OS. The zero-order valence-corrected chi connectivity index (χ0v) is 14.2. The van der Waals surface area contributed by atoms with Gasteiger partial charge in [0.05, 0.1) is 12.2 Å². The van der Waals surface area contributed by atoms with Gasteiger partial charge in [-0.1, -0.05) is 36.4 Å². The van der Waals surface area contributed by atoms with Crippen molar-refractivity contribution in [2.75, 3.05) is 7.05 Å². The van der Waals surface area contributed by atoms with Gasteiger partial charge in [-0.15, -0.1) is 11.3 Å². The predicted octanol–water partition coefficient (Wildman–Crippen LogP) is 4.48. The van der Waals surface area contributed by atoms with Crippen LogP contribution >= 0.6 is 11.3 Å². The number of aromatic nitrogens is 1. The van der Waals surface area contributed by atoms with E-state index in [2.05, 4.69) is 23.2 Å². The number of amides is 1. The molecule has 24 heavy (non-hydrogen) atoms. The summed E-state index contributed by atoms with van der Waals surface area (Å²) in [5.41, 5.74) is 2.07. The molecular weight excluding hydrogens is 316 g/mol. The molecule has 3 rings (SSSR count). The smallest absolute Gasteiger partial charge is 0.246 e. The van der Waals surface area contributed by atoms with Crippen molar-refractivity contribution in [3.05, 3.63) is 83.5 Å². The number of hydrogen-bond acceptors (Lipinski definition) is 3. The lowest BCUT2D eigenvalue weighted by Crippen LogP contribution is -2.24. The van der Waals surface area contributed by atoms with Crippen molar-refractivity contribution < 1.29 is 4.79 Å². The molecule has 2 aromatic heterocycles. The molecule has 2 heterocycles. The van der Waals surface area contributed by atoms with Crippen molar-refractivity contribution >= 4 is 23.3 Å². The summed E-state index contributed by atoms with van der Waals surface area (Å²) in [7, 11) is 1.78. The first-order valence-corrected chi connectivity index (χ1v) is 8.52. The van der Waals surface area contributed by atoms with Gasteiger partial charge in [-0.3, -0.25) is 9.78 Å². The Balaban J connectivity index is 1.63. The molecule has 3 aromatic rings. The van der Waals surface area contributed by atoms with Gasteiger partial charge in [-0.05, 0) is 35.9 Å². The average Bonchev–Trinajstić information content (AvgIpc) is 3.10. The largest absolute Gasteiger partial charge is 0.336 e. The monoisotopic (exact) mass is 334 g/mol. The van der Waals surface area contributed by atoms with Crippen LogP contribution in [0.5, 0.6) is 0 Å². The summed E-state index contributed by atoms with van der Waals surface area (Å²) in [5.74, 6) is -0.0321. The number of thiophene rings is 1. The molecule has 0 unspecified atom stereocenters. The van der Waals surface area contributed by atoms with E-state index in [1.165, 1.54) is 10.4 Å². The zero-order chi connectivity index (χ0) is 16.8. The summed E-state index contributed by atoms with van der Waals surface area (Å²) < 4.78 is 0. The number of carbonyl (C=O) groups excluding carboxylic acids is 1. The number of nitrogens with zero attached hydrogens (tertiary/aromatic N) is 2. The maximum absolute atomic E-state index is 12.2. The molecule has 0 spiro atoms. The second kappa shape index (κ2) is 7.70. The molecule has 1 aromatic carbocycles. The van der Waals surface area contributed by atoms with Crippen molar-refractivity contribution in [3.8, 4) is 10.4 Å². The van der Waals surface area contributed by atoms with Gasteiger partial charge in [0, 0.05) is 29.1 Å². The van der Waals surface area contributed by atoms with E-state index >= 15 is 0 Å². The Morgan fingerprint density at radius 2 is 1.88 bits per heavy atom. The van der Waals surface area contributed by atoms with Crippen LogP contribution in [-0.4, -0.2) is 22.8 Å². The van der Waals surface area contributed by atoms with Gasteiger partial charge < -0.3 is 4.90 Å². The minimum absolute atomic E-state index is 0.0321. The van der Waals surface area contributed by atoms with E-state index in [9.17, 15) is 4.79 Å². The highest BCUT2D eigenvalue weighted by Crippen LogP contribution is 2.28. The highest BCUT2D eigenvalue weighted by molar-refractivity contribution is 7.16. The standard InChI is InChI=1S/C20H18N2OS/c1-22(15-17-9-5-6-14-21-17)20(23)13-11-18-10-12-19(24-18)16-7-3-2-4-8-16/h2-14H,15H2,1H3/b13-11-. The topological polar surface area (TPSA) is 33.2 Å². The van der Waals surface area contributed by atoms with E-state index in [1.54, 1.807) is 35.6 Å². The quantitative estimate of drug-likeness (QED) is 0.645. The van der Waals surface area contributed by atoms with Gasteiger partial charge in [0.2, 0.25) is 5.91 Å². The van der Waals surface area contributed by atoms with Crippen molar-refractivity contribution in [2.24, 2.45) is 0 Å². The first-order valence-electron chi connectivity index (χ1n) is 7.71. The lowest BCUT2D eigenvalue weighted by molar-refractivity contribution is -0.125. The van der Waals surface area contributed by atoms with Gasteiger partial charge in [-0.25, -0.2) is 0 Å². The van der Waals surface area contributed by atoms with E-state index in [0.717, 1.165) is 10.6 Å². The molecule has 0 aliphatic rings. The summed E-state index contributed by atoms with van der Waals surface area (Å²) in [6.07, 6.45) is 5.22. The van der Waals surface area contributed by atoms with E-state index in [1.807, 2.05) is 48.5 Å². The molecule has 0 saturated heterocycles. The maximum Gasteiger partial charge on any atom is 0.246 e. The zero-order valence-electron chi connectivity index (χ0n) is 13.4. The van der Waals surface area contributed by atoms with Gasteiger partial charge >= 0.3 is 0 Å². The lowest BCUT2D eigenvalue weighted by atomic mass is 10.2. The first-order chi connectivity index (χ1) is 11.7. The average molecular weight is 334 g/mol. The van der Waals surface area contributed by atoms with Gasteiger partial charge in [0.1, 0.15) is 0 Å². The number of rotatable bonds is 5. The van der Waals surface area contributed by atoms with Crippen LogP contribution in [0.25, 0.3) is 16.5 Å². The first kappa shape index (κ1) is 16.1. The number of likely N-dealkylation sites (N-methyl/N-ethyl adjacent to an activating group) is 1. The van der Waals surface area contributed by atoms with Crippen LogP contribution in [0, 0.1) is 0 Å². The van der Waals surface area contributed by atoms with E-state index < -0.39 is 0 Å². The van der Waals surface area contributed by atoms with Crippen LogP contribution < -0.4 is 0 Å². The van der Waals surface area contributed by atoms with Crippen molar-refractivity contribution in [3.63, 3.8) is 0 Å². The third kappa shape index (κ3) is 4.18. The molecule has 0 N–H and O–H groups in total. The highest BCUT2D eigenvalue weighted by atomic mass is 32.1. The molecule has 0 aliphatic carbocycles. The van der Waals surface area contributed by atoms with Crippen molar-refractivity contribution in [1.82, 2.24) is 9.88 Å². The molecule has 0 atom stereocenters. The van der Waals surface area contributed by atoms with Gasteiger partial charge in [0.15, 0.2) is 0 Å². The molecule has 120 valence electrons. The summed E-state index contributed by atoms with van der Waals surface area (Å²) in [5, 5.41) is 0. The molecule has 3 nitrogen and oxygen atoms in total. The van der Waals surface area contributed by atoms with Crippen LogP contribution in [0.4, 0.5) is 0 Å². The van der Waals surface area contributed by atoms with Crippen LogP contribution in [0.1, 0.15) is 10.6 Å². The van der Waals surface area contributed by atoms with Gasteiger partial charge in [0.25, 0.3) is 0 Å². The second-order valence-corrected chi connectivity index (χ2v) is 6.53. The normalized spacial score (nSPS) is 10.9. The second-order valence-electron chi connectivity index (χ2n) is 5.42. The number of carbonyl (C=O) groups is 1. The van der Waals surface area contributed by atoms with Crippen LogP contribution in [-0.2, 0) is 11.3 Å². The van der Waals surface area contributed by atoms with E-state index in [4.69, 9.17) is 0 Å². The predicted molar refractivity (Wildman–Crippen MR) is 99.5 cm³/mol. The third-order valence-corrected chi connectivity index (χ3v) is 4.68. The summed E-state index contributed by atoms with van der Waals surface area (Å²) in [4.78, 5) is 20.4. The summed E-state index contributed by atoms with van der Waals surface area (Å²) >= 11 is 1.67. The Labute approximate surface area is 145 Å². The number of hydrogen-bond donors (Lipinski definition) is 0. The SMILES string of the molecule is CN(Cc1ccccn1)C(=O)/C=C\c1ccc(-c2ccccc2)s1. The molecule has 0 fully saturated rings. The molecule has 0 aliphatic heterocycles. The highest BCUT2D eigenvalue weighted by Gasteiger charge is 2.07. The fraction of sp³-hybridized carbons (Fsp3) is 0.100. The molecule has 1 amide bonds. The summed E-state index contributed by atoms with van der Waals surface area (Å²) in [6.45, 7) is 0.504. The van der Waals surface area contributed by atoms with Crippen LogP contribution in [0.2, 0.25) is 0 Å². The Morgan fingerprint density at radius 1 is 1.08 bits per heavy atom. The summed E-state index contributed by atoms with van der Waals surface area (Å²) in [6, 6.07) is 20.1. The fourth-order valence-corrected chi connectivity index (χ4v) is 3.21. The minimum atomic E-state index is -0.0321. The van der Waals surface area contributed by atoms with E-state index in [-0.39, 0.29) is 5.91 Å². The van der Waals surface area contributed by atoms with E-state index in [0.29, 0.717) is 6.54 Å². The molecule has 4 heteroatoms. The molecule has 0 radical (unpaired) electrons. The van der Waals surface area contributed by atoms with Crippen molar-refractivity contribution in [1.29, 1.82) is 0 Å². The Kier molecular flexibility index (Phi) is 5.18. The molecule has 0 bridgehead atoms. The fourth-order valence-electron chi connectivity index (χ4n) is 2.29. The Morgan fingerprint density at radius 3 is 2.62 bits per heavy atom. The number of benzene rings is 1. The Bertz CT molecular complexity index is 825. The van der Waals surface area contributed by atoms with Crippen molar-refractivity contribution in [2.45, 2.75) is 6.54 Å². The van der Waals surface area contributed by atoms with Gasteiger partial charge in [-0.2, -0.15) is 0 Å². The maximum atomic E-state index is 12.2. The van der Waals surface area contributed by atoms with Crippen LogP contribution in [0.3, 0.4) is 0 Å². The minimum Gasteiger partial charge on any atom is -0.336 e. The number of pyridine rings is 1. The lowest BCUT2D eigenvalue weighted by Gasteiger charge is -2.14. The third-order valence-electron chi connectivity index (χ3n) is 3.58. The van der Waals surface area contributed by atoms with Crippen LogP contribution in [0.15, 0.2) is 72.9 Å². The Hall–Kier alpha value is -2.72.